The molecule has 0 aromatic heterocycles. The Morgan fingerprint density at radius 3 is 2.34 bits per heavy atom. The fraction of sp³-hybridized carbons (Fsp3) is 0.250. The van der Waals surface area contributed by atoms with E-state index in [2.05, 4.69) is 0 Å². The zero-order chi connectivity index (χ0) is 21.5. The number of nitrogens with zero attached hydrogens (tertiary/aromatic N) is 2. The first-order valence-corrected chi connectivity index (χ1v) is 8.54. The number of hydrogen-bond donors (Lipinski definition) is 2. The number of ether oxygens (including phenoxy) is 1. The Balaban J connectivity index is 2.03. The van der Waals surface area contributed by atoms with Gasteiger partial charge in [0, 0.05) is 19.8 Å². The van der Waals surface area contributed by atoms with Crippen molar-refractivity contribution in [2.24, 2.45) is 0 Å². The standard InChI is InChI=1S/C20H19F3N2O4/c1-24(12-9-7-11(8-10-12)20(21,22)23)18(27)16-17(26)15-13(25(2)19(16)28)5-4-6-14(15)29-3/h4-10,19,26,28H,1-3H3. The summed E-state index contributed by atoms with van der Waals surface area (Å²) < 4.78 is 43.5. The summed E-state index contributed by atoms with van der Waals surface area (Å²) in [6, 6.07) is 8.93. The van der Waals surface area contributed by atoms with Crippen LogP contribution in [0.25, 0.3) is 5.76 Å². The predicted octanol–water partition coefficient (Wildman–Crippen LogP) is 3.41. The van der Waals surface area contributed by atoms with Gasteiger partial charge in [-0.05, 0) is 36.4 Å². The summed E-state index contributed by atoms with van der Waals surface area (Å²) in [5.41, 5.74) is -0.286. The second kappa shape index (κ2) is 7.32. The first-order chi connectivity index (χ1) is 13.6. The third kappa shape index (κ3) is 3.49. The highest BCUT2D eigenvalue weighted by molar-refractivity contribution is 6.12. The summed E-state index contributed by atoms with van der Waals surface area (Å²) in [6.45, 7) is 0. The van der Waals surface area contributed by atoms with Crippen molar-refractivity contribution in [3.8, 4) is 5.75 Å². The number of alkyl halides is 3. The summed E-state index contributed by atoms with van der Waals surface area (Å²) in [5.74, 6) is -0.911. The number of carbonyl (C=O) groups excluding carboxylic acids is 1. The Labute approximate surface area is 165 Å². The summed E-state index contributed by atoms with van der Waals surface area (Å²) in [6.07, 6.45) is -5.95. The van der Waals surface area contributed by atoms with Gasteiger partial charge in [0.2, 0.25) is 0 Å². The SMILES string of the molecule is COc1cccc2c1C(O)=C(C(=O)N(C)c1ccc(C(F)(F)F)cc1)C(O)N2C. The summed E-state index contributed by atoms with van der Waals surface area (Å²) >= 11 is 0. The van der Waals surface area contributed by atoms with Crippen LogP contribution < -0.4 is 14.5 Å². The largest absolute Gasteiger partial charge is 0.506 e. The van der Waals surface area contributed by atoms with E-state index in [-0.39, 0.29) is 16.8 Å². The number of benzene rings is 2. The highest BCUT2D eigenvalue weighted by Crippen LogP contribution is 2.41. The van der Waals surface area contributed by atoms with E-state index in [0.29, 0.717) is 11.4 Å². The number of rotatable bonds is 3. The van der Waals surface area contributed by atoms with Gasteiger partial charge in [-0.1, -0.05) is 6.07 Å². The molecule has 2 aromatic rings. The van der Waals surface area contributed by atoms with Crippen LogP contribution in [0.4, 0.5) is 24.5 Å². The van der Waals surface area contributed by atoms with Crippen molar-refractivity contribution in [2.75, 3.05) is 31.0 Å². The van der Waals surface area contributed by atoms with Gasteiger partial charge in [0.1, 0.15) is 17.1 Å². The van der Waals surface area contributed by atoms with Gasteiger partial charge in [-0.15, -0.1) is 0 Å². The Morgan fingerprint density at radius 2 is 1.79 bits per heavy atom. The second-order valence-electron chi connectivity index (χ2n) is 6.51. The molecule has 0 saturated carbocycles. The number of amides is 1. The lowest BCUT2D eigenvalue weighted by Crippen LogP contribution is -2.43. The van der Waals surface area contributed by atoms with Crippen LogP contribution in [-0.2, 0) is 11.0 Å². The van der Waals surface area contributed by atoms with Gasteiger partial charge in [0.25, 0.3) is 5.91 Å². The van der Waals surface area contributed by atoms with E-state index in [9.17, 15) is 28.2 Å². The number of likely N-dealkylation sites (N-methyl/N-ethyl adjacent to an activating group) is 2. The Kier molecular flexibility index (Phi) is 5.18. The van der Waals surface area contributed by atoms with E-state index >= 15 is 0 Å². The number of fused-ring (bicyclic) bond motifs is 1. The molecular formula is C20H19F3N2O4. The van der Waals surface area contributed by atoms with Gasteiger partial charge in [0.15, 0.2) is 6.23 Å². The van der Waals surface area contributed by atoms with Crippen molar-refractivity contribution in [1.29, 1.82) is 0 Å². The van der Waals surface area contributed by atoms with Gasteiger partial charge in [0.05, 0.1) is 23.9 Å². The number of hydrogen-bond acceptors (Lipinski definition) is 5. The third-order valence-corrected chi connectivity index (χ3v) is 4.84. The minimum absolute atomic E-state index is 0.170. The molecule has 2 aromatic carbocycles. The molecule has 0 saturated heterocycles. The Bertz CT molecular complexity index is 971. The van der Waals surface area contributed by atoms with Crippen molar-refractivity contribution in [3.63, 3.8) is 0 Å². The van der Waals surface area contributed by atoms with Gasteiger partial charge < -0.3 is 24.7 Å². The van der Waals surface area contributed by atoms with Crippen molar-refractivity contribution >= 4 is 23.0 Å². The van der Waals surface area contributed by atoms with Crippen molar-refractivity contribution in [2.45, 2.75) is 12.4 Å². The molecule has 2 N–H and O–H groups in total. The lowest BCUT2D eigenvalue weighted by Gasteiger charge is -2.35. The normalized spacial score (nSPS) is 16.5. The zero-order valence-corrected chi connectivity index (χ0v) is 15.9. The van der Waals surface area contributed by atoms with Gasteiger partial charge in [-0.3, -0.25) is 4.79 Å². The Morgan fingerprint density at radius 1 is 1.17 bits per heavy atom. The van der Waals surface area contributed by atoms with E-state index < -0.39 is 29.6 Å². The van der Waals surface area contributed by atoms with Crippen LogP contribution in [0.1, 0.15) is 11.1 Å². The average molecular weight is 408 g/mol. The molecule has 1 aliphatic rings. The summed E-state index contributed by atoms with van der Waals surface area (Å²) in [5, 5.41) is 21.4. The second-order valence-corrected chi connectivity index (χ2v) is 6.51. The van der Waals surface area contributed by atoms with Gasteiger partial charge in [-0.25, -0.2) is 0 Å². The number of carbonyl (C=O) groups is 1. The number of halogens is 3. The minimum Gasteiger partial charge on any atom is -0.506 e. The van der Waals surface area contributed by atoms with Crippen LogP contribution in [-0.4, -0.2) is 43.6 Å². The number of methoxy groups -OCH3 is 1. The van der Waals surface area contributed by atoms with E-state index in [1.807, 2.05) is 0 Å². The number of aliphatic hydroxyl groups is 2. The number of aliphatic hydroxyl groups excluding tert-OH is 2. The fourth-order valence-electron chi connectivity index (χ4n) is 3.19. The van der Waals surface area contributed by atoms with Crippen LogP contribution in [0.3, 0.4) is 0 Å². The molecule has 1 aliphatic heterocycles. The van der Waals surface area contributed by atoms with Gasteiger partial charge >= 0.3 is 6.18 Å². The molecule has 154 valence electrons. The number of anilines is 2. The van der Waals surface area contributed by atoms with Crippen LogP contribution in [0.5, 0.6) is 5.75 Å². The first-order valence-electron chi connectivity index (χ1n) is 8.54. The van der Waals surface area contributed by atoms with Crippen LogP contribution >= 0.6 is 0 Å². The van der Waals surface area contributed by atoms with E-state index in [4.69, 9.17) is 4.74 Å². The van der Waals surface area contributed by atoms with Crippen LogP contribution in [0.15, 0.2) is 48.0 Å². The zero-order valence-electron chi connectivity index (χ0n) is 15.9. The van der Waals surface area contributed by atoms with Crippen molar-refractivity contribution in [3.05, 3.63) is 59.2 Å². The molecule has 9 heteroatoms. The quantitative estimate of drug-likeness (QED) is 0.814. The monoisotopic (exact) mass is 408 g/mol. The molecule has 0 bridgehead atoms. The lowest BCUT2D eigenvalue weighted by molar-refractivity contribution is -0.137. The molecule has 0 spiro atoms. The maximum atomic E-state index is 13.0. The molecular weight excluding hydrogens is 389 g/mol. The first kappa shape index (κ1) is 20.5. The molecule has 1 unspecified atom stereocenters. The molecule has 0 radical (unpaired) electrons. The molecule has 29 heavy (non-hydrogen) atoms. The topological polar surface area (TPSA) is 73.2 Å². The van der Waals surface area contributed by atoms with Crippen LogP contribution in [0.2, 0.25) is 0 Å². The third-order valence-electron chi connectivity index (χ3n) is 4.84. The maximum absolute atomic E-state index is 13.0. The molecule has 3 rings (SSSR count). The Hall–Kier alpha value is -3.20. The lowest BCUT2D eigenvalue weighted by atomic mass is 9.97. The van der Waals surface area contributed by atoms with Gasteiger partial charge in [-0.2, -0.15) is 13.2 Å². The minimum atomic E-state index is -4.50. The average Bonchev–Trinajstić information content (AvgIpc) is 2.70. The molecule has 1 heterocycles. The summed E-state index contributed by atoms with van der Waals surface area (Å²) in [7, 11) is 4.29. The molecule has 1 amide bonds. The maximum Gasteiger partial charge on any atom is 0.416 e. The summed E-state index contributed by atoms with van der Waals surface area (Å²) in [4.78, 5) is 15.5. The van der Waals surface area contributed by atoms with E-state index in [0.717, 1.165) is 29.2 Å². The predicted molar refractivity (Wildman–Crippen MR) is 102 cm³/mol. The molecule has 6 nitrogen and oxygen atoms in total. The highest BCUT2D eigenvalue weighted by Gasteiger charge is 2.37. The molecule has 0 fully saturated rings. The molecule has 1 atom stereocenters. The fourth-order valence-corrected chi connectivity index (χ4v) is 3.19. The smallest absolute Gasteiger partial charge is 0.416 e. The van der Waals surface area contributed by atoms with Crippen LogP contribution in [0, 0.1) is 0 Å². The van der Waals surface area contributed by atoms with Crippen molar-refractivity contribution in [1.82, 2.24) is 0 Å². The molecule has 0 aliphatic carbocycles. The van der Waals surface area contributed by atoms with E-state index in [1.165, 1.54) is 19.1 Å². The van der Waals surface area contributed by atoms with Crippen molar-refractivity contribution < 1.29 is 32.9 Å². The van der Waals surface area contributed by atoms with E-state index in [1.54, 1.807) is 25.2 Å². The highest BCUT2D eigenvalue weighted by atomic mass is 19.4.